The van der Waals surface area contributed by atoms with Gasteiger partial charge < -0.3 is 11.1 Å². The Labute approximate surface area is 109 Å². The van der Waals surface area contributed by atoms with Gasteiger partial charge in [0.2, 0.25) is 0 Å². The molecule has 4 heteroatoms. The molecular weight excluding hydrogens is 234 g/mol. The van der Waals surface area contributed by atoms with Gasteiger partial charge in [-0.1, -0.05) is 39.3 Å². The quantitative estimate of drug-likeness (QED) is 0.844. The van der Waals surface area contributed by atoms with E-state index in [2.05, 4.69) is 38.0 Å². The molecule has 0 saturated heterocycles. The topological polar surface area (TPSA) is 50.9 Å². The van der Waals surface area contributed by atoms with Crippen LogP contribution in [0.5, 0.6) is 0 Å². The summed E-state index contributed by atoms with van der Waals surface area (Å²) < 4.78 is 0. The van der Waals surface area contributed by atoms with Crippen LogP contribution in [0.2, 0.25) is 5.02 Å². The lowest BCUT2D eigenvalue weighted by Gasteiger charge is -2.25. The summed E-state index contributed by atoms with van der Waals surface area (Å²) >= 11 is 5.81. The molecule has 0 radical (unpaired) electrons. The van der Waals surface area contributed by atoms with E-state index in [1.54, 1.807) is 12.3 Å². The lowest BCUT2D eigenvalue weighted by atomic mass is 9.85. The number of hydrogen-bond donors (Lipinski definition) is 2. The van der Waals surface area contributed by atoms with Crippen LogP contribution >= 0.6 is 11.6 Å². The molecule has 0 saturated carbocycles. The van der Waals surface area contributed by atoms with Gasteiger partial charge in [0.25, 0.3) is 0 Å². The molecule has 0 fully saturated rings. The summed E-state index contributed by atoms with van der Waals surface area (Å²) in [5.74, 6) is 2.60. The van der Waals surface area contributed by atoms with Gasteiger partial charge in [0.05, 0.1) is 10.7 Å². The molecule has 3 N–H and O–H groups in total. The van der Waals surface area contributed by atoms with Crippen LogP contribution in [0.1, 0.15) is 27.7 Å². The minimum Gasteiger partial charge on any atom is -0.396 e. The van der Waals surface area contributed by atoms with Gasteiger partial charge in [-0.05, 0) is 23.8 Å². The van der Waals surface area contributed by atoms with Gasteiger partial charge in [0.1, 0.15) is 5.82 Å². The standard InChI is InChI=1S/C13H22ClN3/c1-8(2)11(9(3)4)7-17-13-12(15)5-10(14)6-16-13/h5-6,8-9,11H,7,15H2,1-4H3,(H,16,17). The molecule has 0 bridgehead atoms. The van der Waals surface area contributed by atoms with E-state index < -0.39 is 0 Å². The van der Waals surface area contributed by atoms with E-state index in [1.165, 1.54) is 0 Å². The third kappa shape index (κ3) is 4.08. The Hall–Kier alpha value is -0.960. The first-order chi connectivity index (χ1) is 7.91. The number of nitrogens with zero attached hydrogens (tertiary/aromatic N) is 1. The Bertz CT molecular complexity index is 356. The molecule has 0 aliphatic heterocycles. The number of nitrogen functional groups attached to an aromatic ring is 1. The summed E-state index contributed by atoms with van der Waals surface area (Å²) in [7, 11) is 0. The van der Waals surface area contributed by atoms with Crippen LogP contribution in [0.15, 0.2) is 12.3 Å². The van der Waals surface area contributed by atoms with E-state index in [1.807, 2.05) is 0 Å². The molecule has 96 valence electrons. The van der Waals surface area contributed by atoms with Gasteiger partial charge >= 0.3 is 0 Å². The molecule has 0 aromatic carbocycles. The summed E-state index contributed by atoms with van der Waals surface area (Å²) in [6.07, 6.45) is 1.61. The van der Waals surface area contributed by atoms with Crippen molar-refractivity contribution in [3.8, 4) is 0 Å². The van der Waals surface area contributed by atoms with Crippen molar-refractivity contribution < 1.29 is 0 Å². The predicted octanol–water partition coefficient (Wildman–Crippen LogP) is 3.66. The summed E-state index contributed by atoms with van der Waals surface area (Å²) in [4.78, 5) is 4.20. The smallest absolute Gasteiger partial charge is 0.149 e. The average molecular weight is 256 g/mol. The second-order valence-corrected chi connectivity index (χ2v) is 5.56. The Morgan fingerprint density at radius 3 is 2.35 bits per heavy atom. The zero-order chi connectivity index (χ0) is 13.0. The summed E-state index contributed by atoms with van der Waals surface area (Å²) in [5, 5.41) is 3.88. The van der Waals surface area contributed by atoms with Crippen molar-refractivity contribution in [1.29, 1.82) is 0 Å². The maximum atomic E-state index is 5.85. The first kappa shape index (κ1) is 14.1. The number of nitrogens with one attached hydrogen (secondary N) is 1. The number of nitrogens with two attached hydrogens (primary N) is 1. The third-order valence-electron chi connectivity index (χ3n) is 3.10. The normalized spacial score (nSPS) is 11.5. The van der Waals surface area contributed by atoms with E-state index in [-0.39, 0.29) is 0 Å². The lowest BCUT2D eigenvalue weighted by molar-refractivity contribution is 0.304. The van der Waals surface area contributed by atoms with E-state index in [9.17, 15) is 0 Å². The largest absolute Gasteiger partial charge is 0.396 e. The maximum Gasteiger partial charge on any atom is 0.149 e. The van der Waals surface area contributed by atoms with Gasteiger partial charge in [-0.3, -0.25) is 0 Å². The third-order valence-corrected chi connectivity index (χ3v) is 3.31. The number of anilines is 2. The summed E-state index contributed by atoms with van der Waals surface area (Å²) in [5.41, 5.74) is 6.45. The molecule has 0 amide bonds. The highest BCUT2D eigenvalue weighted by Gasteiger charge is 2.17. The average Bonchev–Trinajstić information content (AvgIpc) is 2.20. The Kier molecular flexibility index (Phi) is 5.06. The number of halogens is 1. The second-order valence-electron chi connectivity index (χ2n) is 5.12. The molecular formula is C13H22ClN3. The molecule has 0 spiro atoms. The fraction of sp³-hybridized carbons (Fsp3) is 0.615. The lowest BCUT2D eigenvalue weighted by Crippen LogP contribution is -2.25. The van der Waals surface area contributed by atoms with Gasteiger partial charge in [0.15, 0.2) is 0 Å². The van der Waals surface area contributed by atoms with Crippen molar-refractivity contribution in [2.45, 2.75) is 27.7 Å². The van der Waals surface area contributed by atoms with E-state index >= 15 is 0 Å². The van der Waals surface area contributed by atoms with Crippen molar-refractivity contribution in [3.63, 3.8) is 0 Å². The van der Waals surface area contributed by atoms with Gasteiger partial charge in [0, 0.05) is 12.7 Å². The van der Waals surface area contributed by atoms with Gasteiger partial charge in [-0.25, -0.2) is 4.98 Å². The Balaban J connectivity index is 2.65. The first-order valence-corrected chi connectivity index (χ1v) is 6.44. The molecule has 3 nitrogen and oxygen atoms in total. The minimum absolute atomic E-state index is 0.567. The van der Waals surface area contributed by atoms with Gasteiger partial charge in [-0.15, -0.1) is 0 Å². The highest BCUT2D eigenvalue weighted by Crippen LogP contribution is 2.23. The zero-order valence-corrected chi connectivity index (χ0v) is 11.8. The maximum absolute atomic E-state index is 5.85. The molecule has 0 unspecified atom stereocenters. The zero-order valence-electron chi connectivity index (χ0n) is 11.0. The minimum atomic E-state index is 0.567. The van der Waals surface area contributed by atoms with Crippen LogP contribution in [0, 0.1) is 17.8 Å². The van der Waals surface area contributed by atoms with Crippen LogP contribution in [0.25, 0.3) is 0 Å². The van der Waals surface area contributed by atoms with Crippen molar-refractivity contribution in [3.05, 3.63) is 17.3 Å². The van der Waals surface area contributed by atoms with E-state index in [4.69, 9.17) is 17.3 Å². The van der Waals surface area contributed by atoms with Crippen molar-refractivity contribution in [2.24, 2.45) is 17.8 Å². The van der Waals surface area contributed by atoms with Crippen molar-refractivity contribution in [1.82, 2.24) is 4.98 Å². The Morgan fingerprint density at radius 2 is 1.88 bits per heavy atom. The SMILES string of the molecule is CC(C)C(CNc1ncc(Cl)cc1N)C(C)C. The number of aromatic nitrogens is 1. The predicted molar refractivity (Wildman–Crippen MR) is 75.3 cm³/mol. The molecule has 1 heterocycles. The van der Waals surface area contributed by atoms with Crippen LogP contribution in [-0.2, 0) is 0 Å². The molecule has 0 atom stereocenters. The monoisotopic (exact) mass is 255 g/mol. The van der Waals surface area contributed by atoms with Crippen LogP contribution in [0.3, 0.4) is 0 Å². The van der Waals surface area contributed by atoms with Crippen LogP contribution in [-0.4, -0.2) is 11.5 Å². The Morgan fingerprint density at radius 1 is 1.29 bits per heavy atom. The fourth-order valence-electron chi connectivity index (χ4n) is 2.06. The van der Waals surface area contributed by atoms with Crippen LogP contribution < -0.4 is 11.1 Å². The van der Waals surface area contributed by atoms with Crippen molar-refractivity contribution >= 4 is 23.1 Å². The molecule has 17 heavy (non-hydrogen) atoms. The van der Waals surface area contributed by atoms with Crippen molar-refractivity contribution in [2.75, 3.05) is 17.6 Å². The summed E-state index contributed by atoms with van der Waals surface area (Å²) in [6, 6.07) is 1.72. The fourth-order valence-corrected chi connectivity index (χ4v) is 2.22. The number of pyridine rings is 1. The molecule has 1 aromatic heterocycles. The van der Waals surface area contributed by atoms with Gasteiger partial charge in [-0.2, -0.15) is 0 Å². The molecule has 1 aromatic rings. The second kappa shape index (κ2) is 6.10. The molecule has 0 aliphatic carbocycles. The number of hydrogen-bond acceptors (Lipinski definition) is 3. The van der Waals surface area contributed by atoms with Crippen LogP contribution in [0.4, 0.5) is 11.5 Å². The summed E-state index contributed by atoms with van der Waals surface area (Å²) in [6.45, 7) is 9.85. The highest BCUT2D eigenvalue weighted by molar-refractivity contribution is 6.30. The molecule has 0 aliphatic rings. The first-order valence-electron chi connectivity index (χ1n) is 6.06. The van der Waals surface area contributed by atoms with E-state index in [0.29, 0.717) is 28.5 Å². The highest BCUT2D eigenvalue weighted by atomic mass is 35.5. The van der Waals surface area contributed by atoms with E-state index in [0.717, 1.165) is 12.4 Å². The number of rotatable bonds is 5. The molecule has 1 rings (SSSR count).